The molecule has 0 radical (unpaired) electrons. The molecular weight excluding hydrogens is 278 g/mol. The molecule has 1 aromatic heterocycles. The molecule has 0 bridgehead atoms. The predicted octanol–water partition coefficient (Wildman–Crippen LogP) is 2.01. The number of nitrogen functional groups attached to an aromatic ring is 1. The minimum absolute atomic E-state index is 0.0604. The van der Waals surface area contributed by atoms with E-state index in [2.05, 4.69) is 10.2 Å². The Morgan fingerprint density at radius 3 is 2.72 bits per heavy atom. The van der Waals surface area contributed by atoms with Crippen molar-refractivity contribution in [2.75, 3.05) is 5.84 Å². The Kier molecular flexibility index (Phi) is 3.39. The molecule has 0 atom stereocenters. The maximum Gasteiger partial charge on any atom is 0.270 e. The van der Waals surface area contributed by atoms with E-state index in [9.17, 15) is 10.1 Å². The maximum atomic E-state index is 10.6. The van der Waals surface area contributed by atoms with Crippen molar-refractivity contribution >= 4 is 29.1 Å². The van der Waals surface area contributed by atoms with E-state index < -0.39 is 4.92 Å². The van der Waals surface area contributed by atoms with Crippen molar-refractivity contribution in [3.8, 4) is 0 Å². The third-order valence-corrected chi connectivity index (χ3v) is 3.62. The van der Waals surface area contributed by atoms with Crippen LogP contribution in [0.1, 0.15) is 5.82 Å². The standard InChI is InChI=1S/C9H8ClN5O2S/c1-5-12-13-9(14(5)11)18-8-3-2-6(15(16)17)4-7(8)10/h2-4H,11H2,1H3. The Hall–Kier alpha value is -1.80. The molecule has 0 fully saturated rings. The first kappa shape index (κ1) is 12.7. The summed E-state index contributed by atoms with van der Waals surface area (Å²) >= 11 is 7.15. The highest BCUT2D eigenvalue weighted by atomic mass is 35.5. The molecule has 0 unspecified atom stereocenters. The lowest BCUT2D eigenvalue weighted by Gasteiger charge is -2.03. The van der Waals surface area contributed by atoms with E-state index >= 15 is 0 Å². The van der Waals surface area contributed by atoms with Crippen LogP contribution in [0.4, 0.5) is 5.69 Å². The zero-order valence-electron chi connectivity index (χ0n) is 9.20. The fourth-order valence-corrected chi connectivity index (χ4v) is 2.30. The number of nitrogens with two attached hydrogens (primary N) is 1. The molecule has 1 heterocycles. The van der Waals surface area contributed by atoms with Crippen LogP contribution in [-0.2, 0) is 0 Å². The zero-order valence-corrected chi connectivity index (χ0v) is 10.8. The number of aryl methyl sites for hydroxylation is 1. The first-order chi connectivity index (χ1) is 8.49. The van der Waals surface area contributed by atoms with Crippen molar-refractivity contribution in [1.29, 1.82) is 0 Å². The van der Waals surface area contributed by atoms with Crippen LogP contribution in [0.25, 0.3) is 0 Å². The van der Waals surface area contributed by atoms with Crippen molar-refractivity contribution in [2.24, 2.45) is 0 Å². The molecule has 18 heavy (non-hydrogen) atoms. The van der Waals surface area contributed by atoms with Gasteiger partial charge in [-0.05, 0) is 24.8 Å². The number of nitro groups is 1. The number of halogens is 1. The Labute approximate surface area is 111 Å². The largest absolute Gasteiger partial charge is 0.336 e. The number of rotatable bonds is 3. The Morgan fingerprint density at radius 2 is 2.22 bits per heavy atom. The van der Waals surface area contributed by atoms with Gasteiger partial charge < -0.3 is 5.84 Å². The second-order valence-electron chi connectivity index (χ2n) is 3.37. The van der Waals surface area contributed by atoms with Crippen molar-refractivity contribution in [1.82, 2.24) is 14.9 Å². The van der Waals surface area contributed by atoms with E-state index in [4.69, 9.17) is 17.4 Å². The number of aromatic nitrogens is 3. The normalized spacial score (nSPS) is 10.6. The fraction of sp³-hybridized carbons (Fsp3) is 0.111. The predicted molar refractivity (Wildman–Crippen MR) is 67.1 cm³/mol. The van der Waals surface area contributed by atoms with E-state index in [0.29, 0.717) is 15.9 Å². The van der Waals surface area contributed by atoms with E-state index in [-0.39, 0.29) is 10.7 Å². The SMILES string of the molecule is Cc1nnc(Sc2ccc([N+](=O)[O-])cc2Cl)n1N. The molecule has 94 valence electrons. The number of non-ortho nitro benzene ring substituents is 1. The fourth-order valence-electron chi connectivity index (χ4n) is 1.20. The van der Waals surface area contributed by atoms with Gasteiger partial charge >= 0.3 is 0 Å². The lowest BCUT2D eigenvalue weighted by atomic mass is 10.3. The van der Waals surface area contributed by atoms with Gasteiger partial charge in [-0.15, -0.1) is 10.2 Å². The monoisotopic (exact) mass is 285 g/mol. The average molecular weight is 286 g/mol. The molecule has 0 spiro atoms. The molecule has 1 aromatic carbocycles. The van der Waals surface area contributed by atoms with Gasteiger partial charge in [0.15, 0.2) is 0 Å². The highest BCUT2D eigenvalue weighted by Crippen LogP contribution is 2.34. The Balaban J connectivity index is 2.30. The molecule has 0 amide bonds. The van der Waals surface area contributed by atoms with Gasteiger partial charge in [0.2, 0.25) is 5.16 Å². The Bertz CT molecular complexity index is 615. The van der Waals surface area contributed by atoms with Crippen molar-refractivity contribution in [2.45, 2.75) is 17.0 Å². The van der Waals surface area contributed by atoms with Gasteiger partial charge in [0, 0.05) is 17.0 Å². The second kappa shape index (κ2) is 4.83. The summed E-state index contributed by atoms with van der Waals surface area (Å²) < 4.78 is 1.32. The summed E-state index contributed by atoms with van der Waals surface area (Å²) in [5.41, 5.74) is -0.0604. The summed E-state index contributed by atoms with van der Waals surface area (Å²) in [7, 11) is 0. The smallest absolute Gasteiger partial charge is 0.270 e. The van der Waals surface area contributed by atoms with Crippen LogP contribution in [0.15, 0.2) is 28.3 Å². The van der Waals surface area contributed by atoms with Gasteiger partial charge in [0.25, 0.3) is 5.69 Å². The van der Waals surface area contributed by atoms with Gasteiger partial charge in [-0.3, -0.25) is 10.1 Å². The van der Waals surface area contributed by atoms with Gasteiger partial charge in [0.1, 0.15) is 5.82 Å². The maximum absolute atomic E-state index is 10.6. The third kappa shape index (κ3) is 2.39. The number of benzene rings is 1. The van der Waals surface area contributed by atoms with E-state index in [1.54, 1.807) is 13.0 Å². The average Bonchev–Trinajstić information content (AvgIpc) is 2.63. The van der Waals surface area contributed by atoms with E-state index in [0.717, 1.165) is 0 Å². The summed E-state index contributed by atoms with van der Waals surface area (Å²) in [5, 5.41) is 19.0. The topological polar surface area (TPSA) is 99.9 Å². The van der Waals surface area contributed by atoms with Crippen LogP contribution in [0.3, 0.4) is 0 Å². The molecule has 7 nitrogen and oxygen atoms in total. The minimum Gasteiger partial charge on any atom is -0.336 e. The molecule has 2 rings (SSSR count). The summed E-state index contributed by atoms with van der Waals surface area (Å²) in [6.07, 6.45) is 0. The molecule has 0 aliphatic heterocycles. The molecule has 0 saturated heterocycles. The van der Waals surface area contributed by atoms with Gasteiger partial charge in [0.05, 0.1) is 9.95 Å². The highest BCUT2D eigenvalue weighted by molar-refractivity contribution is 7.99. The lowest BCUT2D eigenvalue weighted by Crippen LogP contribution is -2.11. The van der Waals surface area contributed by atoms with Gasteiger partial charge in [-0.1, -0.05) is 11.6 Å². The number of hydrogen-bond donors (Lipinski definition) is 1. The first-order valence-electron chi connectivity index (χ1n) is 4.78. The molecule has 0 aliphatic carbocycles. The third-order valence-electron chi connectivity index (χ3n) is 2.16. The van der Waals surface area contributed by atoms with Crippen molar-refractivity contribution in [3.05, 3.63) is 39.2 Å². The summed E-state index contributed by atoms with van der Waals surface area (Å²) in [5.74, 6) is 6.26. The molecule has 2 aromatic rings. The van der Waals surface area contributed by atoms with Gasteiger partial charge in [-0.25, -0.2) is 4.68 Å². The first-order valence-corrected chi connectivity index (χ1v) is 5.97. The molecule has 0 aliphatic rings. The molecule has 2 N–H and O–H groups in total. The number of nitrogens with zero attached hydrogens (tertiary/aromatic N) is 4. The summed E-state index contributed by atoms with van der Waals surface area (Å²) in [6, 6.07) is 4.21. The number of hydrogen-bond acceptors (Lipinski definition) is 6. The highest BCUT2D eigenvalue weighted by Gasteiger charge is 2.13. The Morgan fingerprint density at radius 1 is 1.50 bits per heavy atom. The van der Waals surface area contributed by atoms with Gasteiger partial charge in [-0.2, -0.15) is 0 Å². The quantitative estimate of drug-likeness (QED) is 0.526. The van der Waals surface area contributed by atoms with Crippen LogP contribution < -0.4 is 5.84 Å². The summed E-state index contributed by atoms with van der Waals surface area (Å²) in [6.45, 7) is 1.72. The molecule has 9 heteroatoms. The molecule has 0 saturated carbocycles. The van der Waals surface area contributed by atoms with Crippen molar-refractivity contribution in [3.63, 3.8) is 0 Å². The number of nitro benzene ring substituents is 1. The minimum atomic E-state index is -0.504. The van der Waals surface area contributed by atoms with Crippen LogP contribution in [0.5, 0.6) is 0 Å². The van der Waals surface area contributed by atoms with Crippen LogP contribution in [0, 0.1) is 17.0 Å². The lowest BCUT2D eigenvalue weighted by molar-refractivity contribution is -0.384. The second-order valence-corrected chi connectivity index (χ2v) is 4.79. The zero-order chi connectivity index (χ0) is 13.3. The van der Waals surface area contributed by atoms with Crippen LogP contribution >= 0.6 is 23.4 Å². The molecular formula is C9H8ClN5O2S. The van der Waals surface area contributed by atoms with E-state index in [1.165, 1.54) is 28.6 Å². The van der Waals surface area contributed by atoms with Crippen LogP contribution in [0.2, 0.25) is 5.02 Å². The van der Waals surface area contributed by atoms with Crippen molar-refractivity contribution < 1.29 is 4.92 Å². The summed E-state index contributed by atoms with van der Waals surface area (Å²) in [4.78, 5) is 10.7. The van der Waals surface area contributed by atoms with E-state index in [1.807, 2.05) is 0 Å². The van der Waals surface area contributed by atoms with Crippen LogP contribution in [-0.4, -0.2) is 19.8 Å².